The molecule has 1 heterocycles. The summed E-state index contributed by atoms with van der Waals surface area (Å²) in [5.41, 5.74) is 2.19. The molecule has 0 radical (unpaired) electrons. The van der Waals surface area contributed by atoms with Crippen molar-refractivity contribution in [1.82, 2.24) is 4.98 Å². The van der Waals surface area contributed by atoms with E-state index in [0.717, 1.165) is 11.8 Å². The van der Waals surface area contributed by atoms with Gasteiger partial charge in [0.25, 0.3) is 11.8 Å². The average Bonchev–Trinajstić information content (AvgIpc) is 2.68. The SMILES string of the molecule is COc1ccc(NC(=O)c2ccc(C)nc2)cc1NC(=O)c1cccc(F)c1. The molecular weight excluding hydrogens is 361 g/mol. The Labute approximate surface area is 161 Å². The summed E-state index contributed by atoms with van der Waals surface area (Å²) in [6.07, 6.45) is 1.49. The topological polar surface area (TPSA) is 80.3 Å². The normalized spacial score (nSPS) is 10.2. The van der Waals surface area contributed by atoms with E-state index < -0.39 is 11.7 Å². The number of aromatic nitrogens is 1. The maximum absolute atomic E-state index is 13.3. The fraction of sp³-hybridized carbons (Fsp3) is 0.0952. The molecule has 0 aliphatic rings. The van der Waals surface area contributed by atoms with Crippen LogP contribution in [-0.2, 0) is 0 Å². The summed E-state index contributed by atoms with van der Waals surface area (Å²) >= 11 is 0. The zero-order valence-corrected chi connectivity index (χ0v) is 15.3. The highest BCUT2D eigenvalue weighted by Crippen LogP contribution is 2.28. The Morgan fingerprint density at radius 2 is 1.75 bits per heavy atom. The number of aryl methyl sites for hydroxylation is 1. The number of nitrogens with zero attached hydrogens (tertiary/aromatic N) is 1. The van der Waals surface area contributed by atoms with Gasteiger partial charge < -0.3 is 15.4 Å². The molecular formula is C21H18FN3O3. The maximum atomic E-state index is 13.3. The number of ether oxygens (including phenoxy) is 1. The van der Waals surface area contributed by atoms with Crippen LogP contribution in [0.2, 0.25) is 0 Å². The first-order chi connectivity index (χ1) is 13.5. The molecule has 142 valence electrons. The van der Waals surface area contributed by atoms with Crippen molar-refractivity contribution in [2.45, 2.75) is 6.92 Å². The van der Waals surface area contributed by atoms with Crippen molar-refractivity contribution in [3.8, 4) is 5.75 Å². The van der Waals surface area contributed by atoms with E-state index in [4.69, 9.17) is 4.74 Å². The van der Waals surface area contributed by atoms with Gasteiger partial charge >= 0.3 is 0 Å². The van der Waals surface area contributed by atoms with Crippen LogP contribution in [0.1, 0.15) is 26.4 Å². The lowest BCUT2D eigenvalue weighted by molar-refractivity contribution is 0.101. The second kappa shape index (κ2) is 8.30. The molecule has 28 heavy (non-hydrogen) atoms. The van der Waals surface area contributed by atoms with Crippen LogP contribution >= 0.6 is 0 Å². The zero-order chi connectivity index (χ0) is 20.1. The van der Waals surface area contributed by atoms with E-state index in [-0.39, 0.29) is 11.5 Å². The van der Waals surface area contributed by atoms with Crippen molar-refractivity contribution >= 4 is 23.2 Å². The third kappa shape index (κ3) is 4.50. The molecule has 0 fully saturated rings. The monoisotopic (exact) mass is 379 g/mol. The van der Waals surface area contributed by atoms with Gasteiger partial charge in [0.05, 0.1) is 18.4 Å². The van der Waals surface area contributed by atoms with E-state index in [2.05, 4.69) is 15.6 Å². The third-order valence-electron chi connectivity index (χ3n) is 3.97. The van der Waals surface area contributed by atoms with E-state index in [1.165, 1.54) is 31.5 Å². The predicted molar refractivity (Wildman–Crippen MR) is 104 cm³/mol. The molecule has 0 atom stereocenters. The molecule has 0 bridgehead atoms. The summed E-state index contributed by atoms with van der Waals surface area (Å²) in [6, 6.07) is 13.6. The number of anilines is 2. The quantitative estimate of drug-likeness (QED) is 0.701. The van der Waals surface area contributed by atoms with Gasteiger partial charge in [-0.05, 0) is 55.5 Å². The number of hydrogen-bond acceptors (Lipinski definition) is 4. The minimum atomic E-state index is -0.507. The van der Waals surface area contributed by atoms with Gasteiger partial charge in [0, 0.05) is 23.1 Å². The van der Waals surface area contributed by atoms with Crippen LogP contribution in [0.25, 0.3) is 0 Å². The van der Waals surface area contributed by atoms with Crippen LogP contribution in [0.5, 0.6) is 5.75 Å². The minimum absolute atomic E-state index is 0.169. The number of nitrogens with one attached hydrogen (secondary N) is 2. The first-order valence-electron chi connectivity index (χ1n) is 8.45. The average molecular weight is 379 g/mol. The van der Waals surface area contributed by atoms with Crippen LogP contribution < -0.4 is 15.4 Å². The molecule has 3 aromatic rings. The molecule has 2 N–H and O–H groups in total. The van der Waals surface area contributed by atoms with Crippen LogP contribution in [0.15, 0.2) is 60.8 Å². The minimum Gasteiger partial charge on any atom is -0.495 e. The molecule has 0 unspecified atom stereocenters. The first kappa shape index (κ1) is 19.0. The van der Waals surface area contributed by atoms with Gasteiger partial charge in [-0.3, -0.25) is 14.6 Å². The Morgan fingerprint density at radius 1 is 0.964 bits per heavy atom. The zero-order valence-electron chi connectivity index (χ0n) is 15.3. The van der Waals surface area contributed by atoms with Gasteiger partial charge in [-0.25, -0.2) is 4.39 Å². The lowest BCUT2D eigenvalue weighted by Crippen LogP contribution is -2.15. The number of carbonyl (C=O) groups excluding carboxylic acids is 2. The molecule has 0 saturated heterocycles. The van der Waals surface area contributed by atoms with Gasteiger partial charge in [-0.1, -0.05) is 6.07 Å². The van der Waals surface area contributed by atoms with Crippen LogP contribution in [0, 0.1) is 12.7 Å². The van der Waals surface area contributed by atoms with Crippen molar-refractivity contribution in [3.63, 3.8) is 0 Å². The number of pyridine rings is 1. The van der Waals surface area contributed by atoms with Crippen molar-refractivity contribution in [3.05, 3.63) is 83.4 Å². The summed E-state index contributed by atoms with van der Waals surface area (Å²) in [7, 11) is 1.46. The molecule has 0 spiro atoms. The Kier molecular flexibility index (Phi) is 5.64. The highest BCUT2D eigenvalue weighted by molar-refractivity contribution is 6.07. The highest BCUT2D eigenvalue weighted by atomic mass is 19.1. The number of hydrogen-bond donors (Lipinski definition) is 2. The number of carbonyl (C=O) groups is 2. The van der Waals surface area contributed by atoms with E-state index in [9.17, 15) is 14.0 Å². The van der Waals surface area contributed by atoms with E-state index in [1.807, 2.05) is 6.92 Å². The maximum Gasteiger partial charge on any atom is 0.257 e. The number of halogens is 1. The second-order valence-electron chi connectivity index (χ2n) is 6.02. The van der Waals surface area contributed by atoms with Gasteiger partial charge in [0.2, 0.25) is 0 Å². The molecule has 1 aromatic heterocycles. The smallest absolute Gasteiger partial charge is 0.257 e. The molecule has 7 heteroatoms. The Hall–Kier alpha value is -3.74. The van der Waals surface area contributed by atoms with Crippen molar-refractivity contribution < 1.29 is 18.7 Å². The molecule has 6 nitrogen and oxygen atoms in total. The molecule has 2 amide bonds. The van der Waals surface area contributed by atoms with E-state index in [0.29, 0.717) is 22.7 Å². The van der Waals surface area contributed by atoms with Gasteiger partial charge in [-0.2, -0.15) is 0 Å². The van der Waals surface area contributed by atoms with Crippen LogP contribution in [0.3, 0.4) is 0 Å². The van der Waals surface area contributed by atoms with Gasteiger partial charge in [-0.15, -0.1) is 0 Å². The molecule has 2 aromatic carbocycles. The first-order valence-corrected chi connectivity index (χ1v) is 8.45. The molecule has 3 rings (SSSR count). The second-order valence-corrected chi connectivity index (χ2v) is 6.02. The summed E-state index contributed by atoms with van der Waals surface area (Å²) in [5, 5.41) is 5.42. The third-order valence-corrected chi connectivity index (χ3v) is 3.97. The Bertz CT molecular complexity index is 1020. The fourth-order valence-corrected chi connectivity index (χ4v) is 2.51. The Morgan fingerprint density at radius 3 is 2.43 bits per heavy atom. The number of rotatable bonds is 5. The summed E-state index contributed by atoms with van der Waals surface area (Å²) in [4.78, 5) is 28.9. The highest BCUT2D eigenvalue weighted by Gasteiger charge is 2.13. The van der Waals surface area contributed by atoms with Crippen molar-refractivity contribution in [1.29, 1.82) is 0 Å². The summed E-state index contributed by atoms with van der Waals surface area (Å²) < 4.78 is 18.6. The van der Waals surface area contributed by atoms with Gasteiger partial charge in [0.1, 0.15) is 11.6 Å². The van der Waals surface area contributed by atoms with E-state index >= 15 is 0 Å². The number of amides is 2. The standard InChI is InChI=1S/C21H18FN3O3/c1-13-6-7-15(12-23-13)21(27)24-17-8-9-19(28-2)18(11-17)25-20(26)14-4-3-5-16(22)10-14/h3-12H,1-2H3,(H,24,27)(H,25,26). The number of benzene rings is 2. The van der Waals surface area contributed by atoms with E-state index in [1.54, 1.807) is 30.3 Å². The predicted octanol–water partition coefficient (Wildman–Crippen LogP) is 4.04. The van der Waals surface area contributed by atoms with Crippen molar-refractivity contribution in [2.75, 3.05) is 17.7 Å². The lowest BCUT2D eigenvalue weighted by atomic mass is 10.2. The van der Waals surface area contributed by atoms with Crippen LogP contribution in [-0.4, -0.2) is 23.9 Å². The van der Waals surface area contributed by atoms with Crippen LogP contribution in [0.4, 0.5) is 15.8 Å². The largest absolute Gasteiger partial charge is 0.495 e. The lowest BCUT2D eigenvalue weighted by Gasteiger charge is -2.13. The van der Waals surface area contributed by atoms with Gasteiger partial charge in [0.15, 0.2) is 0 Å². The molecule has 0 saturated carbocycles. The summed E-state index contributed by atoms with van der Waals surface area (Å²) in [6.45, 7) is 1.83. The molecule has 0 aliphatic carbocycles. The summed E-state index contributed by atoms with van der Waals surface area (Å²) in [5.74, 6) is -0.934. The Balaban J connectivity index is 1.80. The fourth-order valence-electron chi connectivity index (χ4n) is 2.51. The number of methoxy groups -OCH3 is 1. The van der Waals surface area contributed by atoms with Crippen molar-refractivity contribution in [2.24, 2.45) is 0 Å². The molecule has 0 aliphatic heterocycles.